The van der Waals surface area contributed by atoms with Crippen LogP contribution in [0.25, 0.3) is 0 Å². The second-order valence-corrected chi connectivity index (χ2v) is 9.14. The number of urea groups is 1. The van der Waals surface area contributed by atoms with Crippen molar-refractivity contribution in [3.8, 4) is 5.75 Å². The van der Waals surface area contributed by atoms with E-state index in [-0.39, 0.29) is 17.5 Å². The van der Waals surface area contributed by atoms with Gasteiger partial charge in [-0.1, -0.05) is 19.3 Å². The van der Waals surface area contributed by atoms with E-state index in [2.05, 4.69) is 25.7 Å². The quantitative estimate of drug-likeness (QED) is 0.180. The van der Waals surface area contributed by atoms with E-state index in [1.807, 2.05) is 12.1 Å². The summed E-state index contributed by atoms with van der Waals surface area (Å²) in [5.74, 6) is -0.302. The predicted octanol–water partition coefficient (Wildman–Crippen LogP) is 6.06. The van der Waals surface area contributed by atoms with Crippen LogP contribution in [0.3, 0.4) is 0 Å². The number of ether oxygens (including phenoxy) is 2. The van der Waals surface area contributed by atoms with Crippen molar-refractivity contribution in [1.29, 1.82) is 0 Å². The van der Waals surface area contributed by atoms with E-state index < -0.39 is 18.1 Å². The largest absolute Gasteiger partial charge is 0.573 e. The SMILES string of the molecule is COCCCNc1ccc(N(C)C(=O)C2CCCCC2)cc1N=CNC(=O)Nc1ccc(OC(F)(F)F)cc1. The van der Waals surface area contributed by atoms with Crippen LogP contribution in [0.5, 0.6) is 5.75 Å². The summed E-state index contributed by atoms with van der Waals surface area (Å²) in [5, 5.41) is 8.27. The van der Waals surface area contributed by atoms with Gasteiger partial charge in [0.25, 0.3) is 0 Å². The van der Waals surface area contributed by atoms with Crippen molar-refractivity contribution in [1.82, 2.24) is 5.32 Å². The van der Waals surface area contributed by atoms with E-state index in [0.717, 1.165) is 50.7 Å². The number of anilines is 3. The van der Waals surface area contributed by atoms with E-state index in [4.69, 9.17) is 4.74 Å². The van der Waals surface area contributed by atoms with Crippen molar-refractivity contribution in [2.24, 2.45) is 10.9 Å². The Labute approximate surface area is 225 Å². The topological polar surface area (TPSA) is 104 Å². The number of halogens is 3. The third kappa shape index (κ3) is 9.78. The first-order valence-electron chi connectivity index (χ1n) is 12.8. The number of rotatable bonds is 11. The van der Waals surface area contributed by atoms with Crippen molar-refractivity contribution in [3.05, 3.63) is 42.5 Å². The fourth-order valence-corrected chi connectivity index (χ4v) is 4.24. The van der Waals surface area contributed by atoms with E-state index in [0.29, 0.717) is 30.2 Å². The minimum absolute atomic E-state index is 0.0157. The van der Waals surface area contributed by atoms with Crippen LogP contribution in [0.1, 0.15) is 38.5 Å². The molecule has 0 saturated heterocycles. The Morgan fingerprint density at radius 2 is 1.82 bits per heavy atom. The number of aliphatic imine (C=N–C) groups is 1. The van der Waals surface area contributed by atoms with Gasteiger partial charge < -0.3 is 25.0 Å². The zero-order valence-electron chi connectivity index (χ0n) is 22.0. The number of hydrogen-bond acceptors (Lipinski definition) is 6. The van der Waals surface area contributed by atoms with Gasteiger partial charge in [0.1, 0.15) is 5.75 Å². The summed E-state index contributed by atoms with van der Waals surface area (Å²) in [6.07, 6.45) is 2.25. The standard InChI is InChI=1S/C27H34F3N5O4/c1-35(25(36)19-7-4-3-5-8-19)21-11-14-23(31-15-6-16-38-2)24(17-21)32-18-33-26(37)34-20-9-12-22(13-10-20)39-27(28,29)30/h9-14,17-19,31H,3-8,15-16H2,1-2H3,(H2,32,33,34,37). The van der Waals surface area contributed by atoms with Crippen LogP contribution >= 0.6 is 0 Å². The molecule has 39 heavy (non-hydrogen) atoms. The Hall–Kier alpha value is -3.80. The average Bonchev–Trinajstić information content (AvgIpc) is 2.91. The second-order valence-electron chi connectivity index (χ2n) is 9.14. The van der Waals surface area contributed by atoms with Crippen LogP contribution in [0, 0.1) is 5.92 Å². The zero-order chi connectivity index (χ0) is 28.3. The highest BCUT2D eigenvalue weighted by Crippen LogP contribution is 2.32. The summed E-state index contributed by atoms with van der Waals surface area (Å²) >= 11 is 0. The third-order valence-corrected chi connectivity index (χ3v) is 6.24. The number of benzene rings is 2. The van der Waals surface area contributed by atoms with Crippen LogP contribution < -0.4 is 25.6 Å². The molecular weight excluding hydrogens is 515 g/mol. The fraction of sp³-hybridized carbons (Fsp3) is 0.444. The highest BCUT2D eigenvalue weighted by molar-refractivity contribution is 5.98. The van der Waals surface area contributed by atoms with Gasteiger partial charge in [0, 0.05) is 44.6 Å². The molecule has 1 fully saturated rings. The van der Waals surface area contributed by atoms with Crippen molar-refractivity contribution >= 4 is 41.0 Å². The van der Waals surface area contributed by atoms with Gasteiger partial charge in [-0.25, -0.2) is 9.79 Å². The van der Waals surface area contributed by atoms with Gasteiger partial charge in [-0.3, -0.25) is 10.1 Å². The average molecular weight is 550 g/mol. The number of methoxy groups -OCH3 is 1. The molecule has 3 rings (SSSR count). The number of carbonyl (C=O) groups excluding carboxylic acids is 2. The molecule has 9 nitrogen and oxygen atoms in total. The predicted molar refractivity (Wildman–Crippen MR) is 145 cm³/mol. The molecule has 0 unspecified atom stereocenters. The van der Waals surface area contributed by atoms with E-state index in [1.165, 1.54) is 18.5 Å². The number of nitrogens with one attached hydrogen (secondary N) is 3. The number of carbonyl (C=O) groups is 2. The summed E-state index contributed by atoms with van der Waals surface area (Å²) < 4.78 is 45.8. The molecule has 2 aromatic carbocycles. The number of amides is 3. The third-order valence-electron chi connectivity index (χ3n) is 6.24. The number of alkyl halides is 3. The Balaban J connectivity index is 1.66. The van der Waals surface area contributed by atoms with Crippen molar-refractivity contribution in [2.45, 2.75) is 44.9 Å². The normalized spacial score (nSPS) is 14.2. The van der Waals surface area contributed by atoms with Crippen molar-refractivity contribution in [2.75, 3.05) is 42.8 Å². The molecule has 2 aromatic rings. The summed E-state index contributed by atoms with van der Waals surface area (Å²) in [6, 6.07) is 9.57. The van der Waals surface area contributed by atoms with Crippen LogP contribution in [0.15, 0.2) is 47.5 Å². The van der Waals surface area contributed by atoms with Gasteiger partial charge in [0.05, 0.1) is 17.7 Å². The van der Waals surface area contributed by atoms with Crippen molar-refractivity contribution in [3.63, 3.8) is 0 Å². The monoisotopic (exact) mass is 549 g/mol. The first kappa shape index (κ1) is 29.8. The molecule has 1 aliphatic carbocycles. The Morgan fingerprint density at radius 3 is 2.49 bits per heavy atom. The van der Waals surface area contributed by atoms with Gasteiger partial charge >= 0.3 is 12.4 Å². The highest BCUT2D eigenvalue weighted by Gasteiger charge is 2.31. The molecule has 0 atom stereocenters. The van der Waals surface area contributed by atoms with Gasteiger partial charge in [0.2, 0.25) is 5.91 Å². The Kier molecular flexibility index (Phi) is 11.0. The first-order valence-corrected chi connectivity index (χ1v) is 12.8. The molecule has 212 valence electrons. The Bertz CT molecular complexity index is 1120. The number of nitrogens with zero attached hydrogens (tertiary/aromatic N) is 2. The maximum atomic E-state index is 13.0. The van der Waals surface area contributed by atoms with Crippen LogP contribution in [-0.2, 0) is 9.53 Å². The molecule has 0 heterocycles. The Morgan fingerprint density at radius 1 is 1.10 bits per heavy atom. The maximum absolute atomic E-state index is 13.0. The fourth-order valence-electron chi connectivity index (χ4n) is 4.24. The summed E-state index contributed by atoms with van der Waals surface area (Å²) in [5.41, 5.74) is 2.18. The van der Waals surface area contributed by atoms with Gasteiger partial charge in [0.15, 0.2) is 0 Å². The molecule has 0 spiro atoms. The number of hydrogen-bond donors (Lipinski definition) is 3. The van der Waals surface area contributed by atoms with Gasteiger partial charge in [-0.05, 0) is 61.7 Å². The lowest BCUT2D eigenvalue weighted by atomic mass is 9.88. The minimum Gasteiger partial charge on any atom is -0.406 e. The summed E-state index contributed by atoms with van der Waals surface area (Å²) in [4.78, 5) is 31.3. The molecule has 3 amide bonds. The molecule has 0 radical (unpaired) electrons. The van der Waals surface area contributed by atoms with E-state index >= 15 is 0 Å². The lowest BCUT2D eigenvalue weighted by Crippen LogP contribution is -2.33. The van der Waals surface area contributed by atoms with Crippen LogP contribution in [-0.4, -0.2) is 51.9 Å². The minimum atomic E-state index is -4.80. The maximum Gasteiger partial charge on any atom is 0.573 e. The molecule has 0 aromatic heterocycles. The van der Waals surface area contributed by atoms with Crippen LogP contribution in [0.4, 0.5) is 40.7 Å². The summed E-state index contributed by atoms with van der Waals surface area (Å²) in [6.45, 7) is 1.22. The lowest BCUT2D eigenvalue weighted by molar-refractivity contribution is -0.274. The van der Waals surface area contributed by atoms with Gasteiger partial charge in [-0.2, -0.15) is 0 Å². The van der Waals surface area contributed by atoms with Crippen molar-refractivity contribution < 1.29 is 32.2 Å². The lowest BCUT2D eigenvalue weighted by Gasteiger charge is -2.27. The zero-order valence-corrected chi connectivity index (χ0v) is 22.0. The molecule has 12 heteroatoms. The molecular formula is C27H34F3N5O4. The smallest absolute Gasteiger partial charge is 0.406 e. The van der Waals surface area contributed by atoms with Gasteiger partial charge in [-0.15, -0.1) is 13.2 Å². The molecule has 1 saturated carbocycles. The molecule has 0 bridgehead atoms. The second kappa shape index (κ2) is 14.4. The summed E-state index contributed by atoms with van der Waals surface area (Å²) in [7, 11) is 3.38. The van der Waals surface area contributed by atoms with E-state index in [9.17, 15) is 22.8 Å². The molecule has 1 aliphatic rings. The molecule has 3 N–H and O–H groups in total. The first-order chi connectivity index (χ1) is 18.7. The van der Waals surface area contributed by atoms with E-state index in [1.54, 1.807) is 25.1 Å². The molecule has 0 aliphatic heterocycles. The highest BCUT2D eigenvalue weighted by atomic mass is 19.4. The van der Waals surface area contributed by atoms with Crippen LogP contribution in [0.2, 0.25) is 0 Å².